The highest BCUT2D eigenvalue weighted by molar-refractivity contribution is 6.36. The second-order valence-corrected chi connectivity index (χ2v) is 9.37. The molecule has 2 amide bonds. The number of benzene rings is 2. The Balaban J connectivity index is 2.39. The Morgan fingerprint density at radius 1 is 1.07 bits per heavy atom. The number of carbonyl (C=O) groups excluding carboxylic acids is 2. The molecule has 2 aromatic rings. The van der Waals surface area contributed by atoms with Crippen LogP contribution in [0.15, 0.2) is 42.5 Å². The average Bonchev–Trinajstić information content (AvgIpc) is 2.62. The van der Waals surface area contributed by atoms with Gasteiger partial charge in [0.1, 0.15) is 6.04 Å². The lowest BCUT2D eigenvalue weighted by molar-refractivity contribution is -0.141. The molecule has 0 heterocycles. The van der Waals surface area contributed by atoms with Crippen LogP contribution in [0.4, 0.5) is 0 Å². The Hall–Kier alpha value is -2.04. The number of nitrogens with zero attached hydrogens (tertiary/aromatic N) is 1. The third-order valence-electron chi connectivity index (χ3n) is 4.71. The first-order valence-corrected chi connectivity index (χ1v) is 10.9. The zero-order chi connectivity index (χ0) is 22.5. The van der Waals surface area contributed by atoms with Gasteiger partial charge in [0.15, 0.2) is 0 Å². The number of hydrogen-bond acceptors (Lipinski definition) is 2. The lowest BCUT2D eigenvalue weighted by atomic mass is 10.0. The fourth-order valence-electron chi connectivity index (χ4n) is 3.32. The summed E-state index contributed by atoms with van der Waals surface area (Å²) < 4.78 is 0. The van der Waals surface area contributed by atoms with E-state index in [2.05, 4.69) is 5.32 Å². The zero-order valence-electron chi connectivity index (χ0n) is 18.3. The molecule has 162 valence electrons. The van der Waals surface area contributed by atoms with Crippen LogP contribution in [0.25, 0.3) is 0 Å². The van der Waals surface area contributed by atoms with Gasteiger partial charge in [0.25, 0.3) is 0 Å². The van der Waals surface area contributed by atoms with Gasteiger partial charge in [-0.05, 0) is 51.8 Å². The molecule has 0 aliphatic carbocycles. The van der Waals surface area contributed by atoms with Crippen molar-refractivity contribution in [1.29, 1.82) is 0 Å². The predicted octanol–water partition coefficient (Wildman–Crippen LogP) is 5.57. The number of carbonyl (C=O) groups is 2. The molecule has 6 heteroatoms. The maximum atomic E-state index is 13.4. The van der Waals surface area contributed by atoms with Crippen molar-refractivity contribution in [3.63, 3.8) is 0 Å². The molecule has 0 spiro atoms. The van der Waals surface area contributed by atoms with E-state index in [1.807, 2.05) is 58.9 Å². The van der Waals surface area contributed by atoms with Crippen LogP contribution in [-0.2, 0) is 22.6 Å². The first-order chi connectivity index (χ1) is 14.0. The molecule has 0 fully saturated rings. The van der Waals surface area contributed by atoms with Gasteiger partial charge in [0, 0.05) is 27.7 Å². The SMILES string of the molecule is CC[C@H](C(=O)NC(C)(C)C)N(Cc1c(Cl)cccc1Cl)C(=O)Cc1cccc(C)c1. The van der Waals surface area contributed by atoms with Gasteiger partial charge in [-0.3, -0.25) is 9.59 Å². The van der Waals surface area contributed by atoms with Gasteiger partial charge < -0.3 is 10.2 Å². The van der Waals surface area contributed by atoms with Crippen molar-refractivity contribution in [2.45, 2.75) is 65.6 Å². The molecular formula is C24H30Cl2N2O2. The zero-order valence-corrected chi connectivity index (χ0v) is 19.8. The topological polar surface area (TPSA) is 49.4 Å². The smallest absolute Gasteiger partial charge is 0.243 e. The minimum absolute atomic E-state index is 0.146. The first-order valence-electron chi connectivity index (χ1n) is 10.1. The summed E-state index contributed by atoms with van der Waals surface area (Å²) >= 11 is 12.7. The standard InChI is InChI=1S/C24H30Cl2N2O2/c1-6-21(23(30)27-24(3,4)5)28(15-18-19(25)11-8-12-20(18)26)22(29)14-17-10-7-9-16(2)13-17/h7-13,21H,6,14-15H2,1-5H3,(H,27,30)/t21-/m1/s1. The minimum Gasteiger partial charge on any atom is -0.350 e. The van der Waals surface area contributed by atoms with E-state index in [0.29, 0.717) is 22.0 Å². The minimum atomic E-state index is -0.631. The summed E-state index contributed by atoms with van der Waals surface area (Å²) in [4.78, 5) is 28.0. The molecule has 30 heavy (non-hydrogen) atoms. The molecular weight excluding hydrogens is 419 g/mol. The molecule has 0 bridgehead atoms. The summed E-state index contributed by atoms with van der Waals surface area (Å²) in [5.74, 6) is -0.335. The van der Waals surface area contributed by atoms with Gasteiger partial charge in [0.2, 0.25) is 11.8 Å². The molecule has 0 saturated carbocycles. The van der Waals surface area contributed by atoms with Crippen molar-refractivity contribution in [2.75, 3.05) is 0 Å². The van der Waals surface area contributed by atoms with Gasteiger partial charge >= 0.3 is 0 Å². The number of amides is 2. The van der Waals surface area contributed by atoms with Crippen molar-refractivity contribution in [1.82, 2.24) is 10.2 Å². The number of nitrogens with one attached hydrogen (secondary N) is 1. The fraction of sp³-hybridized carbons (Fsp3) is 0.417. The van der Waals surface area contributed by atoms with Crippen molar-refractivity contribution in [3.8, 4) is 0 Å². The Bertz CT molecular complexity index is 886. The monoisotopic (exact) mass is 448 g/mol. The van der Waals surface area contributed by atoms with E-state index in [-0.39, 0.29) is 24.8 Å². The number of hydrogen-bond donors (Lipinski definition) is 1. The third kappa shape index (κ3) is 6.75. The van der Waals surface area contributed by atoms with Crippen molar-refractivity contribution in [2.24, 2.45) is 0 Å². The van der Waals surface area contributed by atoms with Crippen LogP contribution < -0.4 is 5.32 Å². The molecule has 0 radical (unpaired) electrons. The second kappa shape index (κ2) is 10.3. The van der Waals surface area contributed by atoms with Crippen LogP contribution in [0, 0.1) is 6.92 Å². The lowest BCUT2D eigenvalue weighted by Crippen LogP contribution is -2.53. The van der Waals surface area contributed by atoms with E-state index < -0.39 is 11.6 Å². The summed E-state index contributed by atoms with van der Waals surface area (Å²) in [5, 5.41) is 3.94. The third-order valence-corrected chi connectivity index (χ3v) is 5.42. The van der Waals surface area contributed by atoms with Gasteiger partial charge in [-0.25, -0.2) is 0 Å². The van der Waals surface area contributed by atoms with Gasteiger partial charge in [-0.15, -0.1) is 0 Å². The van der Waals surface area contributed by atoms with E-state index in [1.54, 1.807) is 23.1 Å². The van der Waals surface area contributed by atoms with Crippen molar-refractivity contribution in [3.05, 3.63) is 69.2 Å². The average molecular weight is 449 g/mol. The highest BCUT2D eigenvalue weighted by Crippen LogP contribution is 2.27. The summed E-state index contributed by atoms with van der Waals surface area (Å²) in [6.45, 7) is 9.80. The Morgan fingerprint density at radius 2 is 1.67 bits per heavy atom. The van der Waals surface area contributed by atoms with E-state index in [4.69, 9.17) is 23.2 Å². The number of halogens is 2. The molecule has 0 aromatic heterocycles. The van der Waals surface area contributed by atoms with Crippen molar-refractivity contribution < 1.29 is 9.59 Å². The summed E-state index contributed by atoms with van der Waals surface area (Å²) in [5.41, 5.74) is 2.22. The molecule has 2 rings (SSSR count). The Morgan fingerprint density at radius 3 is 2.20 bits per heavy atom. The summed E-state index contributed by atoms with van der Waals surface area (Å²) in [7, 11) is 0. The quantitative estimate of drug-likeness (QED) is 0.601. The number of aryl methyl sites for hydroxylation is 1. The van der Waals surface area contributed by atoms with Crippen LogP contribution in [-0.4, -0.2) is 28.3 Å². The Labute approximate surface area is 189 Å². The molecule has 0 aliphatic rings. The van der Waals surface area contributed by atoms with E-state index in [9.17, 15) is 9.59 Å². The fourth-order valence-corrected chi connectivity index (χ4v) is 3.84. The van der Waals surface area contributed by atoms with E-state index >= 15 is 0 Å². The van der Waals surface area contributed by atoms with Crippen LogP contribution >= 0.6 is 23.2 Å². The maximum absolute atomic E-state index is 13.4. The van der Waals surface area contributed by atoms with Crippen molar-refractivity contribution >= 4 is 35.0 Å². The molecule has 1 N–H and O–H groups in total. The molecule has 0 unspecified atom stereocenters. The molecule has 2 aromatic carbocycles. The highest BCUT2D eigenvalue weighted by Gasteiger charge is 2.31. The maximum Gasteiger partial charge on any atom is 0.243 e. The van der Waals surface area contributed by atoms with Gasteiger partial charge in [0.05, 0.1) is 6.42 Å². The molecule has 1 atom stereocenters. The van der Waals surface area contributed by atoms with Gasteiger partial charge in [-0.1, -0.05) is 66.0 Å². The summed E-state index contributed by atoms with van der Waals surface area (Å²) in [6.07, 6.45) is 0.673. The van der Waals surface area contributed by atoms with Crippen LogP contribution in [0.3, 0.4) is 0 Å². The molecule has 4 nitrogen and oxygen atoms in total. The molecule has 0 aliphatic heterocycles. The normalized spacial score (nSPS) is 12.4. The first kappa shape index (κ1) is 24.2. The highest BCUT2D eigenvalue weighted by atomic mass is 35.5. The predicted molar refractivity (Wildman–Crippen MR) is 124 cm³/mol. The van der Waals surface area contributed by atoms with E-state index in [0.717, 1.165) is 11.1 Å². The summed E-state index contributed by atoms with van der Waals surface area (Å²) in [6, 6.07) is 12.4. The second-order valence-electron chi connectivity index (χ2n) is 8.55. The molecule has 0 saturated heterocycles. The van der Waals surface area contributed by atoms with Gasteiger partial charge in [-0.2, -0.15) is 0 Å². The van der Waals surface area contributed by atoms with Crippen LogP contribution in [0.1, 0.15) is 50.8 Å². The van der Waals surface area contributed by atoms with E-state index in [1.165, 1.54) is 0 Å². The van der Waals surface area contributed by atoms with Crippen LogP contribution in [0.2, 0.25) is 10.0 Å². The Kier molecular flexibility index (Phi) is 8.34. The van der Waals surface area contributed by atoms with Crippen LogP contribution in [0.5, 0.6) is 0 Å². The lowest BCUT2D eigenvalue weighted by Gasteiger charge is -2.33. The number of rotatable bonds is 7. The largest absolute Gasteiger partial charge is 0.350 e.